The fraction of sp³-hybridized carbons (Fsp3) is 0.368. The Labute approximate surface area is 148 Å². The molecular weight excluding hydrogens is 322 g/mol. The van der Waals surface area contributed by atoms with Gasteiger partial charge in [-0.25, -0.2) is 0 Å². The molecule has 0 aliphatic carbocycles. The van der Waals surface area contributed by atoms with Gasteiger partial charge in [-0.2, -0.15) is 0 Å². The highest BCUT2D eigenvalue weighted by Gasteiger charge is 2.33. The lowest BCUT2D eigenvalue weighted by atomic mass is 9.94. The SMILES string of the molecule is CC1(c2cccc(NCCc3ccc(Cl)cc3)c2)CNCC(N)O1. The highest BCUT2D eigenvalue weighted by atomic mass is 35.5. The van der Waals surface area contributed by atoms with Crippen molar-refractivity contribution >= 4 is 17.3 Å². The Morgan fingerprint density at radius 1 is 1.29 bits per heavy atom. The molecule has 5 heteroatoms. The molecule has 0 bridgehead atoms. The second kappa shape index (κ2) is 7.53. The minimum atomic E-state index is -0.397. The van der Waals surface area contributed by atoms with Crippen molar-refractivity contribution in [2.75, 3.05) is 25.0 Å². The van der Waals surface area contributed by atoms with E-state index < -0.39 is 5.60 Å². The minimum Gasteiger partial charge on any atom is -0.385 e. The van der Waals surface area contributed by atoms with Crippen molar-refractivity contribution in [3.05, 3.63) is 64.7 Å². The first kappa shape index (κ1) is 17.2. The van der Waals surface area contributed by atoms with Gasteiger partial charge in [0.05, 0.1) is 0 Å². The van der Waals surface area contributed by atoms with E-state index in [0.29, 0.717) is 6.54 Å². The normalized spacial score (nSPS) is 23.9. The second-order valence-corrected chi connectivity index (χ2v) is 6.84. The molecule has 0 radical (unpaired) electrons. The number of morpholine rings is 1. The minimum absolute atomic E-state index is 0.273. The number of hydrogen-bond donors (Lipinski definition) is 3. The number of anilines is 1. The van der Waals surface area contributed by atoms with Gasteiger partial charge in [0.25, 0.3) is 0 Å². The summed E-state index contributed by atoms with van der Waals surface area (Å²) in [6.45, 7) is 4.38. The van der Waals surface area contributed by atoms with Crippen LogP contribution in [0.2, 0.25) is 5.02 Å². The quantitative estimate of drug-likeness (QED) is 0.779. The molecule has 1 heterocycles. The third kappa shape index (κ3) is 4.28. The molecule has 3 rings (SSSR count). The molecular formula is C19H24ClN3O. The molecule has 4 nitrogen and oxygen atoms in total. The molecule has 0 aromatic heterocycles. The topological polar surface area (TPSA) is 59.3 Å². The Kier molecular flexibility index (Phi) is 5.41. The summed E-state index contributed by atoms with van der Waals surface area (Å²) in [5.41, 5.74) is 9.01. The van der Waals surface area contributed by atoms with Gasteiger partial charge in [0.2, 0.25) is 0 Å². The molecule has 1 aliphatic heterocycles. The van der Waals surface area contributed by atoms with Crippen molar-refractivity contribution in [2.24, 2.45) is 5.73 Å². The summed E-state index contributed by atoms with van der Waals surface area (Å²) in [5, 5.41) is 7.58. The Bertz CT molecular complexity index is 677. The van der Waals surface area contributed by atoms with Crippen LogP contribution in [0.25, 0.3) is 0 Å². The van der Waals surface area contributed by atoms with Crippen molar-refractivity contribution in [3.63, 3.8) is 0 Å². The molecule has 2 aromatic rings. The number of nitrogens with two attached hydrogens (primary N) is 1. The van der Waals surface area contributed by atoms with E-state index in [2.05, 4.69) is 54.0 Å². The van der Waals surface area contributed by atoms with Gasteiger partial charge < -0.3 is 21.1 Å². The number of benzene rings is 2. The Hall–Kier alpha value is -1.59. The molecule has 24 heavy (non-hydrogen) atoms. The molecule has 2 unspecified atom stereocenters. The van der Waals surface area contributed by atoms with Crippen molar-refractivity contribution in [3.8, 4) is 0 Å². The van der Waals surface area contributed by atoms with Crippen molar-refractivity contribution in [1.82, 2.24) is 5.32 Å². The van der Waals surface area contributed by atoms with Crippen LogP contribution < -0.4 is 16.4 Å². The highest BCUT2D eigenvalue weighted by Crippen LogP contribution is 2.29. The lowest BCUT2D eigenvalue weighted by Crippen LogP contribution is -2.53. The van der Waals surface area contributed by atoms with Crippen LogP contribution in [0.1, 0.15) is 18.1 Å². The van der Waals surface area contributed by atoms with Gasteiger partial charge in [0, 0.05) is 30.3 Å². The molecule has 2 atom stereocenters. The summed E-state index contributed by atoms with van der Waals surface area (Å²) >= 11 is 5.91. The Morgan fingerprint density at radius 3 is 2.83 bits per heavy atom. The molecule has 1 aliphatic rings. The van der Waals surface area contributed by atoms with Crippen LogP contribution in [-0.2, 0) is 16.8 Å². The number of nitrogens with one attached hydrogen (secondary N) is 2. The average molecular weight is 346 g/mol. The van der Waals surface area contributed by atoms with E-state index in [9.17, 15) is 0 Å². The number of rotatable bonds is 5. The van der Waals surface area contributed by atoms with Gasteiger partial charge in [-0.15, -0.1) is 0 Å². The lowest BCUT2D eigenvalue weighted by molar-refractivity contribution is -0.107. The number of ether oxygens (including phenoxy) is 1. The Morgan fingerprint density at radius 2 is 2.08 bits per heavy atom. The van der Waals surface area contributed by atoms with Gasteiger partial charge in [-0.3, -0.25) is 0 Å². The molecule has 128 valence electrons. The largest absolute Gasteiger partial charge is 0.385 e. The summed E-state index contributed by atoms with van der Waals surface area (Å²) < 4.78 is 5.97. The van der Waals surface area contributed by atoms with Crippen LogP contribution in [0, 0.1) is 0 Å². The van der Waals surface area contributed by atoms with E-state index in [1.54, 1.807) is 0 Å². The predicted molar refractivity (Wildman–Crippen MR) is 99.4 cm³/mol. The van der Waals surface area contributed by atoms with Crippen LogP contribution in [0.5, 0.6) is 0 Å². The fourth-order valence-electron chi connectivity index (χ4n) is 3.00. The molecule has 2 aromatic carbocycles. The van der Waals surface area contributed by atoms with Crippen LogP contribution in [0.15, 0.2) is 48.5 Å². The van der Waals surface area contributed by atoms with E-state index in [-0.39, 0.29) is 6.23 Å². The van der Waals surface area contributed by atoms with Crippen LogP contribution in [0.4, 0.5) is 5.69 Å². The van der Waals surface area contributed by atoms with Gasteiger partial charge in [0.1, 0.15) is 11.8 Å². The number of halogens is 1. The van der Waals surface area contributed by atoms with Crippen LogP contribution >= 0.6 is 11.6 Å². The standard InChI is InChI=1S/C19H24ClN3O/c1-19(13-22-12-18(21)24-19)15-3-2-4-17(11-15)23-10-9-14-5-7-16(20)8-6-14/h2-8,11,18,22-23H,9-10,12-13,21H2,1H3. The average Bonchev–Trinajstić information content (AvgIpc) is 2.57. The zero-order valence-electron chi connectivity index (χ0n) is 13.9. The monoisotopic (exact) mass is 345 g/mol. The maximum absolute atomic E-state index is 5.97. The third-order valence-corrected chi connectivity index (χ3v) is 4.60. The van der Waals surface area contributed by atoms with E-state index in [4.69, 9.17) is 22.1 Å². The van der Waals surface area contributed by atoms with Crippen LogP contribution in [0.3, 0.4) is 0 Å². The van der Waals surface area contributed by atoms with Crippen molar-refractivity contribution < 1.29 is 4.74 Å². The third-order valence-electron chi connectivity index (χ3n) is 4.35. The van der Waals surface area contributed by atoms with E-state index >= 15 is 0 Å². The predicted octanol–water partition coefficient (Wildman–Crippen LogP) is 3.11. The first-order chi connectivity index (χ1) is 11.5. The van der Waals surface area contributed by atoms with Gasteiger partial charge >= 0.3 is 0 Å². The summed E-state index contributed by atoms with van der Waals surface area (Å²) in [7, 11) is 0. The maximum Gasteiger partial charge on any atom is 0.119 e. The van der Waals surface area contributed by atoms with E-state index in [1.165, 1.54) is 5.56 Å². The lowest BCUT2D eigenvalue weighted by Gasteiger charge is -2.38. The van der Waals surface area contributed by atoms with Crippen molar-refractivity contribution in [1.29, 1.82) is 0 Å². The van der Waals surface area contributed by atoms with E-state index in [0.717, 1.165) is 35.8 Å². The maximum atomic E-state index is 5.97. The highest BCUT2D eigenvalue weighted by molar-refractivity contribution is 6.30. The Balaban J connectivity index is 1.61. The molecule has 4 N–H and O–H groups in total. The second-order valence-electron chi connectivity index (χ2n) is 6.40. The first-order valence-electron chi connectivity index (χ1n) is 8.28. The zero-order valence-corrected chi connectivity index (χ0v) is 14.6. The van der Waals surface area contributed by atoms with Crippen LogP contribution in [-0.4, -0.2) is 25.9 Å². The molecule has 0 spiro atoms. The zero-order chi connectivity index (χ0) is 17.0. The summed E-state index contributed by atoms with van der Waals surface area (Å²) in [6.07, 6.45) is 0.673. The molecule has 0 saturated carbocycles. The van der Waals surface area contributed by atoms with Gasteiger partial charge in [0.15, 0.2) is 0 Å². The molecule has 1 fully saturated rings. The smallest absolute Gasteiger partial charge is 0.119 e. The number of hydrogen-bond acceptors (Lipinski definition) is 4. The molecule has 1 saturated heterocycles. The van der Waals surface area contributed by atoms with Gasteiger partial charge in [-0.1, -0.05) is 35.9 Å². The first-order valence-corrected chi connectivity index (χ1v) is 8.66. The summed E-state index contributed by atoms with van der Waals surface area (Å²) in [6, 6.07) is 16.3. The van der Waals surface area contributed by atoms with Crippen molar-refractivity contribution in [2.45, 2.75) is 25.2 Å². The summed E-state index contributed by atoms with van der Waals surface area (Å²) in [4.78, 5) is 0. The molecule has 0 amide bonds. The summed E-state index contributed by atoms with van der Waals surface area (Å²) in [5.74, 6) is 0. The fourth-order valence-corrected chi connectivity index (χ4v) is 3.13. The van der Waals surface area contributed by atoms with Gasteiger partial charge in [-0.05, 0) is 48.7 Å². The van der Waals surface area contributed by atoms with E-state index in [1.807, 2.05) is 12.1 Å².